The molecule has 0 bridgehead atoms. The zero-order valence-corrected chi connectivity index (χ0v) is 12.9. The van der Waals surface area contributed by atoms with E-state index in [1.54, 1.807) is 6.07 Å². The lowest BCUT2D eigenvalue weighted by Gasteiger charge is -2.41. The van der Waals surface area contributed by atoms with Crippen molar-refractivity contribution in [3.8, 4) is 0 Å². The molecule has 0 heterocycles. The number of rotatable bonds is 5. The van der Waals surface area contributed by atoms with Gasteiger partial charge in [0.1, 0.15) is 0 Å². The largest absolute Gasteiger partial charge is 0.481 e. The molecule has 2 fully saturated rings. The van der Waals surface area contributed by atoms with Crippen LogP contribution in [0.3, 0.4) is 0 Å². The van der Waals surface area contributed by atoms with Crippen molar-refractivity contribution in [2.75, 3.05) is 0 Å². The highest BCUT2D eigenvalue weighted by Gasteiger charge is 2.48. The van der Waals surface area contributed by atoms with Crippen molar-refractivity contribution < 1.29 is 27.9 Å². The van der Waals surface area contributed by atoms with Gasteiger partial charge in [0.15, 0.2) is 0 Å². The normalized spacial score (nSPS) is 24.8. The van der Waals surface area contributed by atoms with Crippen molar-refractivity contribution in [1.82, 2.24) is 5.32 Å². The Balaban J connectivity index is 1.65. The number of nitrogens with one attached hydrogen (secondary N) is 1. The lowest BCUT2D eigenvalue weighted by molar-refractivity contribution is -0.141. The topological polar surface area (TPSA) is 66.4 Å². The van der Waals surface area contributed by atoms with Gasteiger partial charge in [-0.3, -0.25) is 9.59 Å². The number of carboxylic acid groups (broad SMARTS) is 1. The third-order valence-corrected chi connectivity index (χ3v) is 4.96. The number of benzene rings is 1. The number of amides is 1. The molecule has 1 aromatic rings. The molecular formula is C17H18F3NO3. The van der Waals surface area contributed by atoms with E-state index in [0.717, 1.165) is 18.6 Å². The fraction of sp³-hybridized carbons (Fsp3) is 0.529. The Morgan fingerprint density at radius 3 is 2.54 bits per heavy atom. The van der Waals surface area contributed by atoms with Crippen LogP contribution in [0.2, 0.25) is 0 Å². The molecule has 0 aromatic heterocycles. The van der Waals surface area contributed by atoms with E-state index in [1.807, 2.05) is 0 Å². The number of aliphatic carboxylic acids is 1. The van der Waals surface area contributed by atoms with Gasteiger partial charge in [0, 0.05) is 5.92 Å². The van der Waals surface area contributed by atoms with E-state index in [4.69, 9.17) is 5.11 Å². The number of carbonyl (C=O) groups is 2. The average molecular weight is 341 g/mol. The van der Waals surface area contributed by atoms with Crippen LogP contribution in [0.5, 0.6) is 0 Å². The van der Waals surface area contributed by atoms with Gasteiger partial charge in [-0.15, -0.1) is 0 Å². The quantitative estimate of drug-likeness (QED) is 0.863. The van der Waals surface area contributed by atoms with Crippen LogP contribution in [-0.4, -0.2) is 22.5 Å². The first kappa shape index (κ1) is 16.8. The van der Waals surface area contributed by atoms with Gasteiger partial charge < -0.3 is 10.4 Å². The Kier molecular flexibility index (Phi) is 4.05. The summed E-state index contributed by atoms with van der Waals surface area (Å²) in [6.45, 7) is 0. The number of hydrogen-bond acceptors (Lipinski definition) is 2. The van der Waals surface area contributed by atoms with Crippen LogP contribution in [0.4, 0.5) is 13.2 Å². The van der Waals surface area contributed by atoms with Crippen molar-refractivity contribution in [1.29, 1.82) is 0 Å². The van der Waals surface area contributed by atoms with Crippen molar-refractivity contribution in [2.24, 2.45) is 5.92 Å². The summed E-state index contributed by atoms with van der Waals surface area (Å²) < 4.78 is 38.3. The molecule has 3 rings (SSSR count). The highest BCUT2D eigenvalue weighted by Crippen LogP contribution is 2.49. The number of alkyl halides is 3. The smallest absolute Gasteiger partial charge is 0.416 e. The standard InChI is InChI=1S/C17H18F3NO3/c18-17(19,20)11-4-1-3-10(7-11)12-8-13(12)15(24)21-16(5-2-6-16)9-14(22)23/h1,3-4,7,12-13H,2,5-6,8-9H2,(H,21,24)(H,22,23). The van der Waals surface area contributed by atoms with Gasteiger partial charge in [-0.25, -0.2) is 0 Å². The molecule has 0 spiro atoms. The summed E-state index contributed by atoms with van der Waals surface area (Å²) in [6, 6.07) is 5.05. The van der Waals surface area contributed by atoms with Gasteiger partial charge in [-0.2, -0.15) is 13.2 Å². The Morgan fingerprint density at radius 1 is 1.29 bits per heavy atom. The molecule has 2 aliphatic rings. The molecule has 7 heteroatoms. The number of carbonyl (C=O) groups excluding carboxylic acids is 1. The van der Waals surface area contributed by atoms with Crippen LogP contribution in [0, 0.1) is 5.92 Å². The van der Waals surface area contributed by atoms with Crippen LogP contribution < -0.4 is 5.32 Å². The maximum absolute atomic E-state index is 12.8. The molecule has 1 amide bonds. The van der Waals surface area contributed by atoms with E-state index in [-0.39, 0.29) is 24.2 Å². The monoisotopic (exact) mass is 341 g/mol. The van der Waals surface area contributed by atoms with E-state index >= 15 is 0 Å². The minimum absolute atomic E-state index is 0.111. The van der Waals surface area contributed by atoms with E-state index in [2.05, 4.69) is 5.32 Å². The molecule has 24 heavy (non-hydrogen) atoms. The molecule has 0 aliphatic heterocycles. The second-order valence-electron chi connectivity index (χ2n) is 6.77. The summed E-state index contributed by atoms with van der Waals surface area (Å²) in [5.74, 6) is -1.81. The number of hydrogen-bond donors (Lipinski definition) is 2. The highest BCUT2D eigenvalue weighted by atomic mass is 19.4. The molecule has 2 N–H and O–H groups in total. The SMILES string of the molecule is O=C(O)CC1(NC(=O)C2CC2c2cccc(C(F)(F)F)c2)CCC1. The lowest BCUT2D eigenvalue weighted by atomic mass is 9.74. The first-order valence-corrected chi connectivity index (χ1v) is 7.91. The van der Waals surface area contributed by atoms with Gasteiger partial charge in [0.05, 0.1) is 17.5 Å². The van der Waals surface area contributed by atoms with E-state index in [1.165, 1.54) is 6.07 Å². The molecule has 2 atom stereocenters. The molecule has 2 saturated carbocycles. The van der Waals surface area contributed by atoms with Crippen LogP contribution >= 0.6 is 0 Å². The lowest BCUT2D eigenvalue weighted by Crippen LogP contribution is -2.55. The zero-order chi connectivity index (χ0) is 17.5. The number of carboxylic acids is 1. The van der Waals surface area contributed by atoms with Gasteiger partial charge in [0.2, 0.25) is 5.91 Å². The van der Waals surface area contributed by atoms with Crippen LogP contribution in [0.25, 0.3) is 0 Å². The summed E-state index contributed by atoms with van der Waals surface area (Å²) in [6.07, 6.45) is -1.89. The average Bonchev–Trinajstić information content (AvgIpc) is 3.24. The van der Waals surface area contributed by atoms with Crippen LogP contribution in [-0.2, 0) is 15.8 Å². The first-order valence-electron chi connectivity index (χ1n) is 7.91. The van der Waals surface area contributed by atoms with Crippen molar-refractivity contribution in [3.05, 3.63) is 35.4 Å². The van der Waals surface area contributed by atoms with Gasteiger partial charge >= 0.3 is 12.1 Å². The predicted molar refractivity (Wildman–Crippen MR) is 79.3 cm³/mol. The summed E-state index contributed by atoms with van der Waals surface area (Å²) in [7, 11) is 0. The van der Waals surface area contributed by atoms with E-state index < -0.39 is 23.2 Å². The second-order valence-corrected chi connectivity index (χ2v) is 6.77. The first-order chi connectivity index (χ1) is 11.2. The molecule has 4 nitrogen and oxygen atoms in total. The summed E-state index contributed by atoms with van der Waals surface area (Å²) >= 11 is 0. The molecule has 2 aliphatic carbocycles. The Hall–Kier alpha value is -2.05. The van der Waals surface area contributed by atoms with Crippen LogP contribution in [0.15, 0.2) is 24.3 Å². The molecular weight excluding hydrogens is 323 g/mol. The van der Waals surface area contributed by atoms with Gasteiger partial charge in [-0.05, 0) is 43.2 Å². The Labute approximate surface area is 137 Å². The minimum Gasteiger partial charge on any atom is -0.481 e. The highest BCUT2D eigenvalue weighted by molar-refractivity contribution is 5.84. The Morgan fingerprint density at radius 2 is 2.00 bits per heavy atom. The summed E-state index contributed by atoms with van der Waals surface area (Å²) in [5, 5.41) is 11.8. The van der Waals surface area contributed by atoms with Crippen molar-refractivity contribution in [2.45, 2.75) is 49.7 Å². The predicted octanol–water partition coefficient (Wildman–Crippen LogP) is 3.32. The van der Waals surface area contributed by atoms with Crippen molar-refractivity contribution >= 4 is 11.9 Å². The van der Waals surface area contributed by atoms with Crippen molar-refractivity contribution in [3.63, 3.8) is 0 Å². The zero-order valence-electron chi connectivity index (χ0n) is 12.9. The fourth-order valence-corrected chi connectivity index (χ4v) is 3.39. The maximum Gasteiger partial charge on any atom is 0.416 e. The van der Waals surface area contributed by atoms with Gasteiger partial charge in [-0.1, -0.05) is 18.2 Å². The Bertz CT molecular complexity index is 667. The number of halogens is 3. The molecule has 2 unspecified atom stereocenters. The third-order valence-electron chi connectivity index (χ3n) is 4.96. The molecule has 0 saturated heterocycles. The molecule has 1 aromatic carbocycles. The third kappa shape index (κ3) is 3.39. The summed E-state index contributed by atoms with van der Waals surface area (Å²) in [4.78, 5) is 23.3. The van der Waals surface area contributed by atoms with Gasteiger partial charge in [0.25, 0.3) is 0 Å². The second kappa shape index (κ2) is 5.79. The summed E-state index contributed by atoms with van der Waals surface area (Å²) in [5.41, 5.74) is -0.887. The maximum atomic E-state index is 12.8. The molecule has 130 valence electrons. The van der Waals surface area contributed by atoms with Crippen LogP contribution in [0.1, 0.15) is 49.1 Å². The minimum atomic E-state index is -4.40. The van der Waals surface area contributed by atoms with E-state index in [9.17, 15) is 22.8 Å². The molecule has 0 radical (unpaired) electrons. The van der Waals surface area contributed by atoms with E-state index in [0.29, 0.717) is 24.8 Å². The fourth-order valence-electron chi connectivity index (χ4n) is 3.39.